The average Bonchev–Trinajstić information content (AvgIpc) is 2.96. The summed E-state index contributed by atoms with van der Waals surface area (Å²) in [5.74, 6) is -0.427. The molecule has 1 aliphatic rings. The summed E-state index contributed by atoms with van der Waals surface area (Å²) < 4.78 is 14.9. The number of anilines is 1. The number of fused-ring (bicyclic) bond motifs is 1. The van der Waals surface area contributed by atoms with E-state index in [1.807, 2.05) is 43.0 Å². The number of amides is 1. The number of rotatable bonds is 4. The molecule has 1 aliphatic heterocycles. The topological polar surface area (TPSA) is 104 Å². The molecule has 202 valence electrons. The first-order valence-corrected chi connectivity index (χ1v) is 12.9. The summed E-state index contributed by atoms with van der Waals surface area (Å²) in [6.45, 7) is 6.11. The zero-order valence-electron chi connectivity index (χ0n) is 22.0. The van der Waals surface area contributed by atoms with Crippen molar-refractivity contribution in [2.75, 3.05) is 31.1 Å². The molecule has 0 aliphatic carbocycles. The van der Waals surface area contributed by atoms with Crippen molar-refractivity contribution in [2.45, 2.75) is 20.4 Å². The molecule has 2 heterocycles. The van der Waals surface area contributed by atoms with Crippen LogP contribution in [0.4, 0.5) is 10.1 Å². The van der Waals surface area contributed by atoms with Crippen LogP contribution in [0.25, 0.3) is 10.9 Å². The first-order chi connectivity index (χ1) is 18.5. The van der Waals surface area contributed by atoms with E-state index in [9.17, 15) is 19.2 Å². The van der Waals surface area contributed by atoms with Crippen molar-refractivity contribution in [1.82, 2.24) is 15.6 Å². The molecule has 39 heavy (non-hydrogen) atoms. The van der Waals surface area contributed by atoms with Gasteiger partial charge in [-0.3, -0.25) is 9.59 Å². The summed E-state index contributed by atoms with van der Waals surface area (Å²) in [5.41, 5.74) is 2.28. The van der Waals surface area contributed by atoms with Crippen molar-refractivity contribution in [1.29, 1.82) is 5.26 Å². The van der Waals surface area contributed by atoms with E-state index in [-0.39, 0.29) is 30.0 Å². The monoisotopic (exact) mass is 547 g/mol. The van der Waals surface area contributed by atoms with E-state index < -0.39 is 5.56 Å². The number of nitrogens with zero attached hydrogens (tertiary/aromatic N) is 4. The van der Waals surface area contributed by atoms with Crippen LogP contribution in [0.1, 0.15) is 35.3 Å². The molecule has 3 aromatic carbocycles. The van der Waals surface area contributed by atoms with Gasteiger partial charge in [-0.2, -0.15) is 5.26 Å². The van der Waals surface area contributed by atoms with E-state index in [2.05, 4.69) is 6.07 Å². The lowest BCUT2D eigenvalue weighted by atomic mass is 10.1. The summed E-state index contributed by atoms with van der Waals surface area (Å²) in [7, 11) is 0. The Morgan fingerprint density at radius 3 is 2.18 bits per heavy atom. The van der Waals surface area contributed by atoms with E-state index in [0.29, 0.717) is 48.0 Å². The van der Waals surface area contributed by atoms with E-state index in [0.717, 1.165) is 10.9 Å². The van der Waals surface area contributed by atoms with Crippen molar-refractivity contribution in [3.05, 3.63) is 111 Å². The Hall–Kier alpha value is -4.19. The van der Waals surface area contributed by atoms with Gasteiger partial charge in [0.15, 0.2) is 0 Å². The molecule has 0 unspecified atom stereocenters. The Bertz CT molecular complexity index is 1540. The fourth-order valence-corrected chi connectivity index (χ4v) is 4.78. The number of aromatic nitrogens is 1. The zero-order valence-corrected chi connectivity index (χ0v) is 22.8. The zero-order chi connectivity index (χ0) is 27.2. The largest absolute Gasteiger partial charge is 0.366 e. The molecule has 1 aromatic heterocycles. The minimum absolute atomic E-state index is 0. The van der Waals surface area contributed by atoms with Crippen LogP contribution in [0.5, 0.6) is 0 Å². The quantitative estimate of drug-likeness (QED) is 0.344. The number of halogens is 2. The number of carbonyl (C=O) groups is 1. The van der Waals surface area contributed by atoms with Gasteiger partial charge in [-0.15, -0.1) is 0 Å². The summed E-state index contributed by atoms with van der Waals surface area (Å²) in [5, 5.41) is 11.4. The van der Waals surface area contributed by atoms with Gasteiger partial charge in [0.1, 0.15) is 17.4 Å². The first-order valence-electron chi connectivity index (χ1n) is 12.6. The van der Waals surface area contributed by atoms with Crippen LogP contribution in [-0.4, -0.2) is 41.6 Å². The van der Waals surface area contributed by atoms with Crippen LogP contribution in [-0.2, 0) is 6.54 Å². The predicted octanol–water partition coefficient (Wildman–Crippen LogP) is 5.86. The molecule has 1 amide bonds. The van der Waals surface area contributed by atoms with Gasteiger partial charge in [-0.25, -0.2) is 4.39 Å². The highest BCUT2D eigenvalue weighted by Gasteiger charge is 2.27. The van der Waals surface area contributed by atoms with Crippen molar-refractivity contribution >= 4 is 34.1 Å². The molecule has 9 heteroatoms. The third-order valence-corrected chi connectivity index (χ3v) is 6.74. The summed E-state index contributed by atoms with van der Waals surface area (Å²) in [4.78, 5) is 30.2. The second kappa shape index (κ2) is 13.1. The fourth-order valence-electron chi connectivity index (χ4n) is 4.66. The van der Waals surface area contributed by atoms with E-state index in [1.54, 1.807) is 45.9 Å². The molecule has 0 radical (unpaired) electrons. The predicted molar refractivity (Wildman–Crippen MR) is 154 cm³/mol. The van der Waals surface area contributed by atoms with Gasteiger partial charge in [0.2, 0.25) is 0 Å². The highest BCUT2D eigenvalue weighted by Crippen LogP contribution is 2.30. The molecule has 1 fully saturated rings. The number of piperazine rings is 1. The molecule has 0 atom stereocenters. The Morgan fingerprint density at radius 2 is 1.56 bits per heavy atom. The van der Waals surface area contributed by atoms with Crippen molar-refractivity contribution in [3.8, 4) is 6.07 Å². The van der Waals surface area contributed by atoms with Gasteiger partial charge in [0, 0.05) is 42.2 Å². The standard InChI is InChI=1S/C28H22ClFN4O2.C2H6.H3N/c29-21-9-7-20(8-10-21)27(35)33-15-13-32(14-16-33)26-23-3-1-2-4-25(23)34(28(36)24(26)17-31)18-19-5-11-22(30)12-6-19;1-2;/h1-12H,13-16,18H2;1-2H3;1H3. The average molecular weight is 548 g/mol. The molecule has 0 bridgehead atoms. The van der Waals surface area contributed by atoms with Crippen LogP contribution < -0.4 is 16.6 Å². The number of pyridine rings is 1. The van der Waals surface area contributed by atoms with Gasteiger partial charge in [0.05, 0.1) is 17.7 Å². The molecule has 3 N–H and O–H groups in total. The molecule has 0 saturated carbocycles. The van der Waals surface area contributed by atoms with Crippen molar-refractivity contribution < 1.29 is 9.18 Å². The van der Waals surface area contributed by atoms with Crippen LogP contribution in [0.2, 0.25) is 5.02 Å². The second-order valence-electron chi connectivity index (χ2n) is 8.66. The summed E-state index contributed by atoms with van der Waals surface area (Å²) in [6.07, 6.45) is 0. The maximum absolute atomic E-state index is 13.5. The molecule has 0 spiro atoms. The van der Waals surface area contributed by atoms with Crippen LogP contribution in [0.3, 0.4) is 0 Å². The highest BCUT2D eigenvalue weighted by molar-refractivity contribution is 6.30. The molecule has 4 aromatic rings. The van der Waals surface area contributed by atoms with Gasteiger partial charge in [-0.05, 0) is 48.0 Å². The van der Waals surface area contributed by atoms with Gasteiger partial charge < -0.3 is 20.5 Å². The van der Waals surface area contributed by atoms with E-state index in [4.69, 9.17) is 11.6 Å². The third kappa shape index (κ3) is 6.11. The first kappa shape index (κ1) is 29.4. The molecule has 5 rings (SSSR count). The lowest BCUT2D eigenvalue weighted by molar-refractivity contribution is 0.0747. The normalized spacial score (nSPS) is 12.7. The van der Waals surface area contributed by atoms with Gasteiger partial charge in [0.25, 0.3) is 11.5 Å². The maximum Gasteiger partial charge on any atom is 0.271 e. The number of hydrogen-bond donors (Lipinski definition) is 1. The smallest absolute Gasteiger partial charge is 0.271 e. The maximum atomic E-state index is 13.5. The van der Waals surface area contributed by atoms with E-state index >= 15 is 0 Å². The number of para-hydroxylation sites is 1. The summed E-state index contributed by atoms with van der Waals surface area (Å²) >= 11 is 5.94. The van der Waals surface area contributed by atoms with Crippen LogP contribution >= 0.6 is 11.6 Å². The minimum Gasteiger partial charge on any atom is -0.366 e. The SMILES string of the molecule is CC.N.N#Cc1c(N2CCN(C(=O)c3ccc(Cl)cc3)CC2)c2ccccc2n(Cc2ccc(F)cc2)c1=O. The Morgan fingerprint density at radius 1 is 0.949 bits per heavy atom. The third-order valence-electron chi connectivity index (χ3n) is 6.49. The number of carbonyl (C=O) groups excluding carboxylic acids is 1. The van der Waals surface area contributed by atoms with Crippen LogP contribution in [0.15, 0.2) is 77.6 Å². The fraction of sp³-hybridized carbons (Fsp3) is 0.233. The van der Waals surface area contributed by atoms with Gasteiger partial charge >= 0.3 is 0 Å². The van der Waals surface area contributed by atoms with E-state index in [1.165, 1.54) is 12.1 Å². The Balaban J connectivity index is 0.00000137. The molecule has 1 saturated heterocycles. The highest BCUT2D eigenvalue weighted by atomic mass is 35.5. The van der Waals surface area contributed by atoms with Gasteiger partial charge in [-0.1, -0.05) is 55.8 Å². The Labute approximate surface area is 232 Å². The molecular weight excluding hydrogens is 517 g/mol. The molecular formula is C30H31ClFN5O2. The lowest BCUT2D eigenvalue weighted by Gasteiger charge is -2.37. The minimum atomic E-state index is -0.393. The number of hydrogen-bond acceptors (Lipinski definition) is 5. The number of nitriles is 1. The lowest BCUT2D eigenvalue weighted by Crippen LogP contribution is -2.49. The van der Waals surface area contributed by atoms with Crippen molar-refractivity contribution in [2.24, 2.45) is 0 Å². The molecule has 7 nitrogen and oxygen atoms in total. The van der Waals surface area contributed by atoms with Crippen LogP contribution in [0, 0.1) is 17.1 Å². The second-order valence-corrected chi connectivity index (χ2v) is 9.09. The van der Waals surface area contributed by atoms with Crippen molar-refractivity contribution in [3.63, 3.8) is 0 Å². The number of benzene rings is 3. The summed E-state index contributed by atoms with van der Waals surface area (Å²) in [6, 6.07) is 22.4. The Kier molecular flexibility index (Phi) is 9.83.